The highest BCUT2D eigenvalue weighted by Gasteiger charge is 2.28. The summed E-state index contributed by atoms with van der Waals surface area (Å²) in [5, 5.41) is 13.8. The molecule has 0 radical (unpaired) electrons. The van der Waals surface area contributed by atoms with Crippen LogP contribution in [0.2, 0.25) is 0 Å². The number of aromatic nitrogens is 1. The monoisotopic (exact) mass is 306 g/mol. The van der Waals surface area contributed by atoms with Crippen LogP contribution in [-0.4, -0.2) is 24.5 Å². The van der Waals surface area contributed by atoms with E-state index in [0.717, 1.165) is 12.8 Å². The number of nitrogens with one attached hydrogen (secondary N) is 1. The Morgan fingerprint density at radius 3 is 2.68 bits per heavy atom. The van der Waals surface area contributed by atoms with Crippen molar-refractivity contribution in [3.05, 3.63) is 35.3 Å². The van der Waals surface area contributed by atoms with Crippen molar-refractivity contribution in [1.82, 2.24) is 5.32 Å². The molecule has 22 heavy (non-hydrogen) atoms. The Bertz CT molecular complexity index is 529. The first kappa shape index (κ1) is 16.3. The molecular formula is C16H22N2O4. The van der Waals surface area contributed by atoms with E-state index in [0.29, 0.717) is 16.6 Å². The molecule has 1 heterocycles. The average molecular weight is 306 g/mol. The standard InChI is InChI=1S/C16H22N2O4/c1-11-4-3-5-14(12(11)2)17-15(19)10-22-16(20)13-6-8-18(21)9-7-13/h6-9,11-12,14H,3-5,10H2,1-2H3,(H,17,19)/t11-,12+,14-/m0/s1. The largest absolute Gasteiger partial charge is 0.619 e. The van der Waals surface area contributed by atoms with Crippen molar-refractivity contribution in [1.29, 1.82) is 0 Å². The molecule has 1 aromatic rings. The Morgan fingerprint density at radius 2 is 2.00 bits per heavy atom. The quantitative estimate of drug-likeness (QED) is 0.518. The number of esters is 1. The molecular weight excluding hydrogens is 284 g/mol. The highest BCUT2D eigenvalue weighted by atomic mass is 16.5. The molecule has 0 saturated heterocycles. The summed E-state index contributed by atoms with van der Waals surface area (Å²) in [4.78, 5) is 23.7. The lowest BCUT2D eigenvalue weighted by Crippen LogP contribution is -2.45. The fourth-order valence-corrected chi connectivity index (χ4v) is 2.80. The molecule has 1 aliphatic rings. The van der Waals surface area contributed by atoms with Gasteiger partial charge in [0.1, 0.15) is 0 Å². The van der Waals surface area contributed by atoms with Crippen LogP contribution in [0, 0.1) is 17.0 Å². The molecule has 0 unspecified atom stereocenters. The highest BCUT2D eigenvalue weighted by molar-refractivity contribution is 5.91. The Balaban J connectivity index is 1.80. The molecule has 0 aromatic carbocycles. The van der Waals surface area contributed by atoms with Gasteiger partial charge in [-0.1, -0.05) is 26.7 Å². The molecule has 6 heteroatoms. The first-order valence-corrected chi connectivity index (χ1v) is 7.62. The molecule has 1 amide bonds. The van der Waals surface area contributed by atoms with Gasteiger partial charge in [-0.25, -0.2) is 4.79 Å². The number of hydrogen-bond acceptors (Lipinski definition) is 4. The van der Waals surface area contributed by atoms with E-state index in [2.05, 4.69) is 19.2 Å². The smallest absolute Gasteiger partial charge is 0.339 e. The molecule has 1 N–H and O–H groups in total. The molecule has 120 valence electrons. The lowest BCUT2D eigenvalue weighted by molar-refractivity contribution is -0.605. The second kappa shape index (κ2) is 7.24. The van der Waals surface area contributed by atoms with E-state index < -0.39 is 5.97 Å². The SMILES string of the molecule is C[C@H]1[C@@H](NC(=O)COC(=O)c2cc[n+]([O-])cc2)CCC[C@@H]1C. The van der Waals surface area contributed by atoms with Crippen molar-refractivity contribution in [2.45, 2.75) is 39.2 Å². The van der Waals surface area contributed by atoms with Crippen molar-refractivity contribution < 1.29 is 19.1 Å². The number of carbonyl (C=O) groups is 2. The maximum atomic E-state index is 11.9. The van der Waals surface area contributed by atoms with Crippen molar-refractivity contribution in [2.75, 3.05) is 6.61 Å². The third kappa shape index (κ3) is 4.19. The molecule has 3 atom stereocenters. The number of nitrogens with zero attached hydrogens (tertiary/aromatic N) is 1. The average Bonchev–Trinajstić information content (AvgIpc) is 2.50. The molecule has 0 aliphatic heterocycles. The van der Waals surface area contributed by atoms with Gasteiger partial charge in [0.25, 0.3) is 5.91 Å². The Labute approximate surface area is 130 Å². The zero-order chi connectivity index (χ0) is 16.1. The van der Waals surface area contributed by atoms with Crippen LogP contribution in [0.3, 0.4) is 0 Å². The summed E-state index contributed by atoms with van der Waals surface area (Å²) in [5.41, 5.74) is 0.250. The van der Waals surface area contributed by atoms with Gasteiger partial charge in [-0.15, -0.1) is 0 Å². The number of ether oxygens (including phenoxy) is 1. The van der Waals surface area contributed by atoms with Crippen molar-refractivity contribution in [3.63, 3.8) is 0 Å². The molecule has 0 spiro atoms. The first-order chi connectivity index (χ1) is 10.5. The van der Waals surface area contributed by atoms with E-state index in [9.17, 15) is 14.8 Å². The molecule has 6 nitrogen and oxygen atoms in total. The maximum Gasteiger partial charge on any atom is 0.339 e. The van der Waals surface area contributed by atoms with Gasteiger partial charge >= 0.3 is 5.97 Å². The Hall–Kier alpha value is -2.11. The second-order valence-corrected chi connectivity index (χ2v) is 5.96. The van der Waals surface area contributed by atoms with Gasteiger partial charge in [-0.3, -0.25) is 4.79 Å². The fourth-order valence-electron chi connectivity index (χ4n) is 2.80. The predicted molar refractivity (Wildman–Crippen MR) is 79.8 cm³/mol. The first-order valence-electron chi connectivity index (χ1n) is 7.62. The number of rotatable bonds is 4. The van der Waals surface area contributed by atoms with Gasteiger partial charge in [-0.2, -0.15) is 4.73 Å². The van der Waals surface area contributed by atoms with E-state index in [1.807, 2.05) is 0 Å². The summed E-state index contributed by atoms with van der Waals surface area (Å²) in [5.74, 6) is 0.120. The van der Waals surface area contributed by atoms with E-state index in [4.69, 9.17) is 4.74 Å². The number of hydrogen-bond donors (Lipinski definition) is 1. The molecule has 1 fully saturated rings. The van der Waals surface area contributed by atoms with Gasteiger partial charge in [0.05, 0.1) is 5.56 Å². The van der Waals surface area contributed by atoms with Crippen LogP contribution in [0.4, 0.5) is 0 Å². The normalized spacial score (nSPS) is 24.5. The zero-order valence-corrected chi connectivity index (χ0v) is 13.0. The van der Waals surface area contributed by atoms with Crippen LogP contribution < -0.4 is 10.0 Å². The van der Waals surface area contributed by atoms with E-state index in [-0.39, 0.29) is 24.1 Å². The Kier molecular flexibility index (Phi) is 5.35. The van der Waals surface area contributed by atoms with Gasteiger partial charge in [-0.05, 0) is 18.3 Å². The van der Waals surface area contributed by atoms with E-state index >= 15 is 0 Å². The van der Waals surface area contributed by atoms with E-state index in [1.54, 1.807) is 0 Å². The fraction of sp³-hybridized carbons (Fsp3) is 0.562. The highest BCUT2D eigenvalue weighted by Crippen LogP contribution is 2.29. The lowest BCUT2D eigenvalue weighted by Gasteiger charge is -2.34. The van der Waals surface area contributed by atoms with Gasteiger partial charge in [0.2, 0.25) is 0 Å². The minimum absolute atomic E-state index is 0.145. The zero-order valence-electron chi connectivity index (χ0n) is 13.0. The van der Waals surface area contributed by atoms with Crippen molar-refractivity contribution in [3.8, 4) is 0 Å². The number of amides is 1. The molecule has 0 bridgehead atoms. The van der Waals surface area contributed by atoms with Crippen LogP contribution >= 0.6 is 0 Å². The Morgan fingerprint density at radius 1 is 1.32 bits per heavy atom. The van der Waals surface area contributed by atoms with Crippen LogP contribution in [0.5, 0.6) is 0 Å². The van der Waals surface area contributed by atoms with Gasteiger partial charge in [0, 0.05) is 18.2 Å². The summed E-state index contributed by atoms with van der Waals surface area (Å²) in [6, 6.07) is 2.86. The minimum atomic E-state index is -0.610. The van der Waals surface area contributed by atoms with Crippen LogP contribution in [0.1, 0.15) is 43.5 Å². The molecule has 1 saturated carbocycles. The maximum absolute atomic E-state index is 11.9. The van der Waals surface area contributed by atoms with Crippen LogP contribution in [0.25, 0.3) is 0 Å². The number of carbonyl (C=O) groups excluding carboxylic acids is 2. The summed E-state index contributed by atoms with van der Waals surface area (Å²) >= 11 is 0. The van der Waals surface area contributed by atoms with Gasteiger partial charge in [0.15, 0.2) is 19.0 Å². The molecule has 2 rings (SSSR count). The summed E-state index contributed by atoms with van der Waals surface area (Å²) in [7, 11) is 0. The van der Waals surface area contributed by atoms with Crippen LogP contribution in [0.15, 0.2) is 24.5 Å². The molecule has 1 aromatic heterocycles. The third-order valence-corrected chi connectivity index (χ3v) is 4.43. The topological polar surface area (TPSA) is 82.3 Å². The molecule has 1 aliphatic carbocycles. The predicted octanol–water partition coefficient (Wildman–Crippen LogP) is 1.42. The van der Waals surface area contributed by atoms with Gasteiger partial charge < -0.3 is 15.3 Å². The second-order valence-electron chi connectivity index (χ2n) is 5.96. The van der Waals surface area contributed by atoms with E-state index in [1.165, 1.54) is 30.9 Å². The van der Waals surface area contributed by atoms with Crippen LogP contribution in [-0.2, 0) is 9.53 Å². The lowest BCUT2D eigenvalue weighted by atomic mass is 9.78. The van der Waals surface area contributed by atoms with Crippen molar-refractivity contribution in [2.24, 2.45) is 11.8 Å². The summed E-state index contributed by atoms with van der Waals surface area (Å²) in [6.07, 6.45) is 5.68. The summed E-state index contributed by atoms with van der Waals surface area (Å²) < 4.78 is 5.55. The van der Waals surface area contributed by atoms with Crippen molar-refractivity contribution >= 4 is 11.9 Å². The summed E-state index contributed by atoms with van der Waals surface area (Å²) in [6.45, 7) is 4.03. The number of pyridine rings is 1. The third-order valence-electron chi connectivity index (χ3n) is 4.43. The minimum Gasteiger partial charge on any atom is -0.619 e.